The van der Waals surface area contributed by atoms with Gasteiger partial charge in [-0.25, -0.2) is 13.4 Å². The molecule has 9 nitrogen and oxygen atoms in total. The molecule has 0 spiro atoms. The van der Waals surface area contributed by atoms with Crippen LogP contribution in [0.5, 0.6) is 0 Å². The van der Waals surface area contributed by atoms with Crippen LogP contribution < -0.4 is 10.6 Å². The third-order valence-electron chi connectivity index (χ3n) is 6.08. The molecule has 3 aromatic heterocycles. The standard InChI is InChI=1S/C25H22N6O3S/c1-3-17-4-6-18(7-5-17)21-9-8-19(14-27-21)20-15-28-31-23(26)22(16(2)32)25(29-24(20)31)30-10-12-35(33,34)13-11-30/h1,4-9,14-15H,10-13,26H2,2H3. The summed E-state index contributed by atoms with van der Waals surface area (Å²) in [4.78, 5) is 23.6. The molecule has 0 atom stereocenters. The Kier molecular flexibility index (Phi) is 5.49. The average molecular weight is 487 g/mol. The van der Waals surface area contributed by atoms with E-state index >= 15 is 0 Å². The van der Waals surface area contributed by atoms with Crippen LogP contribution in [0, 0.1) is 12.3 Å². The Hall–Kier alpha value is -4.23. The minimum absolute atomic E-state index is 0.00304. The van der Waals surface area contributed by atoms with Gasteiger partial charge in [0.15, 0.2) is 21.3 Å². The number of nitrogens with zero attached hydrogens (tertiary/aromatic N) is 5. The Morgan fingerprint density at radius 1 is 1.06 bits per heavy atom. The lowest BCUT2D eigenvalue weighted by Gasteiger charge is -2.29. The second-order valence-electron chi connectivity index (χ2n) is 8.34. The van der Waals surface area contributed by atoms with Gasteiger partial charge in [0.2, 0.25) is 0 Å². The fourth-order valence-electron chi connectivity index (χ4n) is 4.16. The molecular formula is C25H22N6O3S. The number of rotatable bonds is 4. The summed E-state index contributed by atoms with van der Waals surface area (Å²) in [5, 5.41) is 4.36. The molecule has 4 heterocycles. The minimum Gasteiger partial charge on any atom is -0.383 e. The number of benzene rings is 1. The van der Waals surface area contributed by atoms with Crippen LogP contribution in [0.4, 0.5) is 11.6 Å². The Morgan fingerprint density at radius 3 is 2.34 bits per heavy atom. The number of hydrogen-bond donors (Lipinski definition) is 1. The fourth-order valence-corrected chi connectivity index (χ4v) is 5.36. The van der Waals surface area contributed by atoms with E-state index in [0.717, 1.165) is 22.4 Å². The second kappa shape index (κ2) is 8.52. The number of nitrogens with two attached hydrogens (primary N) is 1. The van der Waals surface area contributed by atoms with E-state index in [1.165, 1.54) is 11.4 Å². The predicted octanol–water partition coefficient (Wildman–Crippen LogP) is 2.46. The van der Waals surface area contributed by atoms with Gasteiger partial charge in [-0.1, -0.05) is 24.1 Å². The monoisotopic (exact) mass is 486 g/mol. The smallest absolute Gasteiger partial charge is 0.167 e. The van der Waals surface area contributed by atoms with E-state index in [2.05, 4.69) is 16.0 Å². The topological polar surface area (TPSA) is 124 Å². The molecule has 35 heavy (non-hydrogen) atoms. The first kappa shape index (κ1) is 22.6. The molecular weight excluding hydrogens is 464 g/mol. The van der Waals surface area contributed by atoms with Crippen molar-refractivity contribution in [2.45, 2.75) is 6.92 Å². The maximum absolute atomic E-state index is 12.5. The van der Waals surface area contributed by atoms with Crippen LogP contribution in [0.2, 0.25) is 0 Å². The van der Waals surface area contributed by atoms with E-state index in [4.69, 9.17) is 17.1 Å². The van der Waals surface area contributed by atoms with Crippen molar-refractivity contribution in [1.29, 1.82) is 0 Å². The van der Waals surface area contributed by atoms with Gasteiger partial charge in [0, 0.05) is 41.5 Å². The zero-order valence-electron chi connectivity index (χ0n) is 19.0. The van der Waals surface area contributed by atoms with E-state index in [9.17, 15) is 13.2 Å². The lowest BCUT2D eigenvalue weighted by atomic mass is 10.1. The number of terminal acetylenes is 1. The molecule has 0 saturated carbocycles. The van der Waals surface area contributed by atoms with E-state index in [-0.39, 0.29) is 41.8 Å². The highest BCUT2D eigenvalue weighted by Crippen LogP contribution is 2.32. The first-order chi connectivity index (χ1) is 16.8. The van der Waals surface area contributed by atoms with Crippen molar-refractivity contribution in [2.75, 3.05) is 35.2 Å². The summed E-state index contributed by atoms with van der Waals surface area (Å²) in [6, 6.07) is 11.4. The zero-order chi connectivity index (χ0) is 24.7. The van der Waals surface area contributed by atoms with Crippen LogP contribution in [-0.2, 0) is 9.84 Å². The number of aromatic nitrogens is 4. The van der Waals surface area contributed by atoms with E-state index in [0.29, 0.717) is 17.0 Å². The van der Waals surface area contributed by atoms with Crippen molar-refractivity contribution in [2.24, 2.45) is 0 Å². The fraction of sp³-hybridized carbons (Fsp3) is 0.200. The van der Waals surface area contributed by atoms with Gasteiger partial charge in [-0.3, -0.25) is 9.78 Å². The van der Waals surface area contributed by atoms with Crippen LogP contribution >= 0.6 is 0 Å². The molecule has 1 aliphatic rings. The number of nitrogen functional groups attached to an aromatic ring is 1. The minimum atomic E-state index is -3.10. The number of fused-ring (bicyclic) bond motifs is 1. The Morgan fingerprint density at radius 2 is 1.74 bits per heavy atom. The Bertz CT molecular complexity index is 1590. The van der Waals surface area contributed by atoms with Gasteiger partial charge in [-0.2, -0.15) is 9.61 Å². The molecule has 1 fully saturated rings. The number of anilines is 2. The number of carbonyl (C=O) groups excluding carboxylic acids is 1. The van der Waals surface area contributed by atoms with E-state index in [1.54, 1.807) is 17.3 Å². The van der Waals surface area contributed by atoms with Crippen LogP contribution in [0.25, 0.3) is 28.0 Å². The lowest BCUT2D eigenvalue weighted by molar-refractivity contribution is 0.101. The van der Waals surface area contributed by atoms with Crippen molar-refractivity contribution < 1.29 is 13.2 Å². The molecule has 1 saturated heterocycles. The molecule has 0 radical (unpaired) electrons. The maximum atomic E-state index is 12.5. The van der Waals surface area contributed by atoms with Crippen molar-refractivity contribution in [3.63, 3.8) is 0 Å². The third-order valence-corrected chi connectivity index (χ3v) is 7.69. The van der Waals surface area contributed by atoms with Crippen LogP contribution in [0.1, 0.15) is 22.8 Å². The zero-order valence-corrected chi connectivity index (χ0v) is 19.8. The van der Waals surface area contributed by atoms with E-state index < -0.39 is 9.84 Å². The van der Waals surface area contributed by atoms with Gasteiger partial charge < -0.3 is 10.6 Å². The molecule has 2 N–H and O–H groups in total. The van der Waals surface area contributed by atoms with Crippen molar-refractivity contribution in [1.82, 2.24) is 19.6 Å². The third kappa shape index (κ3) is 4.11. The molecule has 5 rings (SSSR count). The van der Waals surface area contributed by atoms with Crippen molar-refractivity contribution in [3.05, 3.63) is 59.9 Å². The summed E-state index contributed by atoms with van der Waals surface area (Å²) >= 11 is 0. The van der Waals surface area contributed by atoms with Crippen LogP contribution in [0.3, 0.4) is 0 Å². The summed E-state index contributed by atoms with van der Waals surface area (Å²) in [7, 11) is -3.10. The first-order valence-electron chi connectivity index (χ1n) is 10.9. The molecule has 0 bridgehead atoms. The normalized spacial score (nSPS) is 15.1. The maximum Gasteiger partial charge on any atom is 0.167 e. The molecule has 1 aromatic carbocycles. The van der Waals surface area contributed by atoms with Gasteiger partial charge in [0.1, 0.15) is 17.2 Å². The Labute approximate surface area is 202 Å². The number of carbonyl (C=O) groups is 1. The average Bonchev–Trinajstić information content (AvgIpc) is 3.28. The Balaban J connectivity index is 1.57. The quantitative estimate of drug-likeness (QED) is 0.345. The van der Waals surface area contributed by atoms with Crippen LogP contribution in [0.15, 0.2) is 48.8 Å². The van der Waals surface area contributed by atoms with Gasteiger partial charge >= 0.3 is 0 Å². The number of pyridine rings is 1. The van der Waals surface area contributed by atoms with Crippen molar-refractivity contribution in [3.8, 4) is 34.7 Å². The molecule has 4 aromatic rings. The summed E-state index contributed by atoms with van der Waals surface area (Å²) in [6.07, 6.45) is 8.79. The highest BCUT2D eigenvalue weighted by molar-refractivity contribution is 7.91. The largest absolute Gasteiger partial charge is 0.383 e. The van der Waals surface area contributed by atoms with Gasteiger partial charge in [0.25, 0.3) is 0 Å². The molecule has 0 unspecified atom stereocenters. The van der Waals surface area contributed by atoms with Crippen LogP contribution in [-0.4, -0.2) is 58.4 Å². The SMILES string of the molecule is C#Cc1ccc(-c2ccc(-c3cnn4c(N)c(C(C)=O)c(N5CCS(=O)(=O)CC5)nc34)cn2)cc1. The molecule has 10 heteroatoms. The number of Topliss-reactive ketones (excluding diaryl/α,β-unsaturated/α-hetero) is 1. The summed E-state index contributed by atoms with van der Waals surface area (Å²) in [5.74, 6) is 2.86. The highest BCUT2D eigenvalue weighted by Gasteiger charge is 2.28. The summed E-state index contributed by atoms with van der Waals surface area (Å²) in [6.45, 7) is 1.89. The molecule has 0 aliphatic carbocycles. The second-order valence-corrected chi connectivity index (χ2v) is 10.6. The summed E-state index contributed by atoms with van der Waals surface area (Å²) < 4.78 is 25.3. The van der Waals surface area contributed by atoms with E-state index in [1.807, 2.05) is 36.4 Å². The van der Waals surface area contributed by atoms with Gasteiger partial charge in [-0.05, 0) is 25.1 Å². The highest BCUT2D eigenvalue weighted by atomic mass is 32.2. The number of sulfone groups is 1. The summed E-state index contributed by atoms with van der Waals surface area (Å²) in [5.41, 5.74) is 11.0. The molecule has 176 valence electrons. The predicted molar refractivity (Wildman–Crippen MR) is 135 cm³/mol. The number of ketones is 1. The first-order valence-corrected chi connectivity index (χ1v) is 12.8. The number of hydrogen-bond acceptors (Lipinski definition) is 8. The van der Waals surface area contributed by atoms with Crippen molar-refractivity contribution >= 4 is 32.9 Å². The van der Waals surface area contributed by atoms with Gasteiger partial charge in [0.05, 0.1) is 23.4 Å². The lowest BCUT2D eigenvalue weighted by Crippen LogP contribution is -2.41. The molecule has 1 aliphatic heterocycles. The molecule has 0 amide bonds. The van der Waals surface area contributed by atoms with Gasteiger partial charge in [-0.15, -0.1) is 6.42 Å².